The van der Waals surface area contributed by atoms with Crippen molar-refractivity contribution in [3.05, 3.63) is 0 Å². The van der Waals surface area contributed by atoms with Crippen LogP contribution in [-0.2, 0) is 19.1 Å². The van der Waals surface area contributed by atoms with E-state index in [2.05, 4.69) is 4.74 Å². The number of hydrogen-bond donors (Lipinski definition) is 1. The van der Waals surface area contributed by atoms with Gasteiger partial charge in [-0.2, -0.15) is 0 Å². The minimum atomic E-state index is -1.15. The van der Waals surface area contributed by atoms with Gasteiger partial charge >= 0.3 is 18.0 Å². The van der Waals surface area contributed by atoms with Crippen LogP contribution in [0.25, 0.3) is 0 Å². The van der Waals surface area contributed by atoms with E-state index in [1.165, 1.54) is 7.11 Å². The number of amides is 1. The van der Waals surface area contributed by atoms with E-state index in [-0.39, 0.29) is 0 Å². The van der Waals surface area contributed by atoms with Crippen molar-refractivity contribution in [2.75, 3.05) is 7.11 Å². The average Bonchev–Trinajstić information content (AvgIpc) is 2.34. The molecule has 1 rings (SSSR count). The van der Waals surface area contributed by atoms with E-state index < -0.39 is 35.7 Å². The van der Waals surface area contributed by atoms with Crippen molar-refractivity contribution in [2.24, 2.45) is 0 Å². The average molecular weight is 287 g/mol. The maximum absolute atomic E-state index is 12.2. The number of carbonyl (C=O) groups is 3. The van der Waals surface area contributed by atoms with Crippen LogP contribution in [0.4, 0.5) is 4.79 Å². The molecule has 2 atom stereocenters. The van der Waals surface area contributed by atoms with Crippen molar-refractivity contribution in [1.29, 1.82) is 0 Å². The fraction of sp³-hybridized carbons (Fsp3) is 0.769. The second kappa shape index (κ2) is 6.11. The van der Waals surface area contributed by atoms with E-state index in [4.69, 9.17) is 4.74 Å². The highest BCUT2D eigenvalue weighted by atomic mass is 16.6. The summed E-state index contributed by atoms with van der Waals surface area (Å²) in [7, 11) is 1.21. The number of likely N-dealkylation sites (tertiary alicyclic amines) is 1. The second-order valence-corrected chi connectivity index (χ2v) is 5.71. The summed E-state index contributed by atoms with van der Waals surface area (Å²) in [5.41, 5.74) is -0.766. The molecule has 0 bridgehead atoms. The van der Waals surface area contributed by atoms with Gasteiger partial charge in [0.2, 0.25) is 0 Å². The molecule has 1 aliphatic rings. The van der Waals surface area contributed by atoms with Gasteiger partial charge in [0.1, 0.15) is 17.7 Å². The maximum atomic E-state index is 12.2. The summed E-state index contributed by atoms with van der Waals surface area (Å²) < 4.78 is 9.85. The molecule has 1 saturated heterocycles. The van der Waals surface area contributed by atoms with Gasteiger partial charge in [-0.3, -0.25) is 4.90 Å². The molecule has 0 radical (unpaired) electrons. The van der Waals surface area contributed by atoms with Gasteiger partial charge in [0, 0.05) is 0 Å². The second-order valence-electron chi connectivity index (χ2n) is 5.71. The molecule has 20 heavy (non-hydrogen) atoms. The van der Waals surface area contributed by atoms with Gasteiger partial charge in [0.05, 0.1) is 7.11 Å². The minimum absolute atomic E-state index is 0.294. The predicted molar refractivity (Wildman–Crippen MR) is 69.2 cm³/mol. The Morgan fingerprint density at radius 1 is 1.15 bits per heavy atom. The van der Waals surface area contributed by atoms with Gasteiger partial charge in [-0.15, -0.1) is 0 Å². The third-order valence-electron chi connectivity index (χ3n) is 2.99. The Balaban J connectivity index is 3.03. The molecule has 0 aliphatic carbocycles. The third kappa shape index (κ3) is 3.85. The molecule has 0 spiro atoms. The lowest BCUT2D eigenvalue weighted by Gasteiger charge is -2.38. The molecular weight excluding hydrogens is 266 g/mol. The molecule has 114 valence electrons. The van der Waals surface area contributed by atoms with Gasteiger partial charge in [0.15, 0.2) is 0 Å². The van der Waals surface area contributed by atoms with Crippen molar-refractivity contribution in [3.63, 3.8) is 0 Å². The molecule has 0 saturated carbocycles. The van der Waals surface area contributed by atoms with Gasteiger partial charge in [-0.05, 0) is 40.0 Å². The first-order chi connectivity index (χ1) is 9.17. The SMILES string of the molecule is COC(=O)[C@@H]1CCC[C@H](C(=O)O)N1C(=O)OC(C)(C)C. The summed E-state index contributed by atoms with van der Waals surface area (Å²) in [6.45, 7) is 5.04. The molecular formula is C13H21NO6. The number of esters is 1. The maximum Gasteiger partial charge on any atom is 0.411 e. The number of piperidine rings is 1. The zero-order chi connectivity index (χ0) is 15.5. The summed E-state index contributed by atoms with van der Waals surface area (Å²) in [5.74, 6) is -1.77. The summed E-state index contributed by atoms with van der Waals surface area (Å²) in [4.78, 5) is 36.2. The number of methoxy groups -OCH3 is 1. The Hall–Kier alpha value is -1.79. The first-order valence-electron chi connectivity index (χ1n) is 6.49. The van der Waals surface area contributed by atoms with Gasteiger partial charge in [-0.25, -0.2) is 14.4 Å². The van der Waals surface area contributed by atoms with E-state index in [9.17, 15) is 19.5 Å². The molecule has 7 nitrogen and oxygen atoms in total. The number of ether oxygens (including phenoxy) is 2. The number of nitrogens with zero attached hydrogens (tertiary/aromatic N) is 1. The standard InChI is InChI=1S/C13H21NO6/c1-13(2,3)20-12(18)14-8(10(15)16)6-5-7-9(14)11(17)19-4/h8-9H,5-7H2,1-4H3,(H,15,16)/t8-,9+/m1/s1. The predicted octanol–water partition coefficient (Wildman–Crippen LogP) is 1.40. The fourth-order valence-corrected chi connectivity index (χ4v) is 2.18. The number of aliphatic carboxylic acids is 1. The van der Waals surface area contributed by atoms with Gasteiger partial charge in [0.25, 0.3) is 0 Å². The monoisotopic (exact) mass is 287 g/mol. The zero-order valence-corrected chi connectivity index (χ0v) is 12.2. The van der Waals surface area contributed by atoms with Crippen molar-refractivity contribution < 1.29 is 29.0 Å². The normalized spacial score (nSPS) is 23.1. The molecule has 0 aromatic heterocycles. The number of rotatable bonds is 2. The van der Waals surface area contributed by atoms with Crippen LogP contribution in [0.3, 0.4) is 0 Å². The Bertz CT molecular complexity index is 400. The van der Waals surface area contributed by atoms with E-state index in [0.29, 0.717) is 19.3 Å². The lowest BCUT2D eigenvalue weighted by Crippen LogP contribution is -2.57. The van der Waals surface area contributed by atoms with Crippen molar-refractivity contribution >= 4 is 18.0 Å². The van der Waals surface area contributed by atoms with Crippen molar-refractivity contribution in [1.82, 2.24) is 4.90 Å². The quantitative estimate of drug-likeness (QED) is 0.772. The summed E-state index contributed by atoms with van der Waals surface area (Å²) in [6, 6.07) is -1.98. The van der Waals surface area contributed by atoms with Crippen molar-refractivity contribution in [3.8, 4) is 0 Å². The number of carbonyl (C=O) groups excluding carboxylic acids is 2. The summed E-state index contributed by atoms with van der Waals surface area (Å²) in [6.07, 6.45) is 0.397. The summed E-state index contributed by atoms with van der Waals surface area (Å²) in [5, 5.41) is 9.23. The van der Waals surface area contributed by atoms with Gasteiger partial charge in [-0.1, -0.05) is 0 Å². The Morgan fingerprint density at radius 2 is 1.70 bits per heavy atom. The third-order valence-corrected chi connectivity index (χ3v) is 2.99. The Kier molecular flexibility index (Phi) is 4.97. The van der Waals surface area contributed by atoms with Crippen LogP contribution >= 0.6 is 0 Å². The minimum Gasteiger partial charge on any atom is -0.480 e. The molecule has 1 fully saturated rings. The highest BCUT2D eigenvalue weighted by molar-refractivity contribution is 5.86. The van der Waals surface area contributed by atoms with E-state index in [1.807, 2.05) is 0 Å². The van der Waals surface area contributed by atoms with Crippen LogP contribution < -0.4 is 0 Å². The topological polar surface area (TPSA) is 93.1 Å². The molecule has 1 aliphatic heterocycles. The number of carboxylic acid groups (broad SMARTS) is 1. The van der Waals surface area contributed by atoms with E-state index >= 15 is 0 Å². The van der Waals surface area contributed by atoms with Crippen molar-refractivity contribution in [2.45, 2.75) is 57.7 Å². The molecule has 0 unspecified atom stereocenters. The Labute approximate surface area is 117 Å². The highest BCUT2D eigenvalue weighted by Gasteiger charge is 2.44. The molecule has 1 amide bonds. The lowest BCUT2D eigenvalue weighted by atomic mass is 9.96. The number of hydrogen-bond acceptors (Lipinski definition) is 5. The number of carboxylic acids is 1. The van der Waals surface area contributed by atoms with Crippen LogP contribution in [0.15, 0.2) is 0 Å². The van der Waals surface area contributed by atoms with Crippen LogP contribution in [-0.4, -0.2) is 52.8 Å². The van der Waals surface area contributed by atoms with Crippen LogP contribution in [0.1, 0.15) is 40.0 Å². The van der Waals surface area contributed by atoms with E-state index in [0.717, 1.165) is 4.90 Å². The molecule has 7 heteroatoms. The lowest BCUT2D eigenvalue weighted by molar-refractivity contribution is -0.155. The van der Waals surface area contributed by atoms with Crippen LogP contribution in [0, 0.1) is 0 Å². The summed E-state index contributed by atoms with van der Waals surface area (Å²) >= 11 is 0. The fourth-order valence-electron chi connectivity index (χ4n) is 2.18. The first kappa shape index (κ1) is 16.3. The molecule has 1 N–H and O–H groups in total. The first-order valence-corrected chi connectivity index (χ1v) is 6.49. The van der Waals surface area contributed by atoms with Crippen LogP contribution in [0.5, 0.6) is 0 Å². The van der Waals surface area contributed by atoms with Gasteiger partial charge < -0.3 is 14.6 Å². The largest absolute Gasteiger partial charge is 0.480 e. The van der Waals surface area contributed by atoms with Crippen LogP contribution in [0.2, 0.25) is 0 Å². The molecule has 0 aromatic carbocycles. The van der Waals surface area contributed by atoms with E-state index in [1.54, 1.807) is 20.8 Å². The molecule has 0 aromatic rings. The molecule has 1 heterocycles. The Morgan fingerprint density at radius 3 is 2.15 bits per heavy atom. The zero-order valence-electron chi connectivity index (χ0n) is 12.2. The highest BCUT2D eigenvalue weighted by Crippen LogP contribution is 2.26. The smallest absolute Gasteiger partial charge is 0.411 e.